The summed E-state index contributed by atoms with van der Waals surface area (Å²) in [5.41, 5.74) is 0. The fourth-order valence-corrected chi connectivity index (χ4v) is 1.81. The average Bonchev–Trinajstić information content (AvgIpc) is 2.86. The lowest BCUT2D eigenvalue weighted by Gasteiger charge is -2.23. The summed E-state index contributed by atoms with van der Waals surface area (Å²) in [6.45, 7) is 6.17. The van der Waals surface area contributed by atoms with Crippen molar-refractivity contribution in [2.45, 2.75) is 33.1 Å². The summed E-state index contributed by atoms with van der Waals surface area (Å²) >= 11 is 0. The Hall–Kier alpha value is -1.32. The van der Waals surface area contributed by atoms with E-state index < -0.39 is 0 Å². The van der Waals surface area contributed by atoms with Gasteiger partial charge in [0.25, 0.3) is 0 Å². The molecule has 0 spiro atoms. The maximum absolute atomic E-state index is 11.9. The van der Waals surface area contributed by atoms with Crippen LogP contribution in [-0.2, 0) is 9.59 Å². The summed E-state index contributed by atoms with van der Waals surface area (Å²) in [5, 5.41) is 0. The highest BCUT2D eigenvalue weighted by Crippen LogP contribution is 2.04. The molecule has 0 radical (unpaired) electrons. The van der Waals surface area contributed by atoms with Crippen LogP contribution in [0, 0.1) is 0 Å². The zero-order chi connectivity index (χ0) is 12.7. The smallest absolute Gasteiger partial charge is 0.242 e. The molecule has 0 bridgehead atoms. The van der Waals surface area contributed by atoms with Gasteiger partial charge in [0.1, 0.15) is 0 Å². The van der Waals surface area contributed by atoms with Gasteiger partial charge in [0, 0.05) is 26.1 Å². The van der Waals surface area contributed by atoms with Gasteiger partial charge < -0.3 is 9.80 Å². The van der Waals surface area contributed by atoms with Gasteiger partial charge in [-0.05, 0) is 13.3 Å². The van der Waals surface area contributed by atoms with Crippen molar-refractivity contribution < 1.29 is 9.59 Å². The van der Waals surface area contributed by atoms with Gasteiger partial charge in [-0.15, -0.1) is 0 Å². The molecule has 0 saturated heterocycles. The number of hydrogen-bond donors (Lipinski definition) is 0. The molecule has 0 atom stereocenters. The van der Waals surface area contributed by atoms with E-state index in [9.17, 15) is 9.59 Å². The Labute approximate surface area is 103 Å². The van der Waals surface area contributed by atoms with Gasteiger partial charge in [-0.1, -0.05) is 25.5 Å². The molecule has 1 aliphatic heterocycles. The van der Waals surface area contributed by atoms with E-state index in [0.29, 0.717) is 26.1 Å². The fourth-order valence-electron chi connectivity index (χ4n) is 1.81. The number of carbonyl (C=O) groups is 2. The number of amides is 2. The van der Waals surface area contributed by atoms with Gasteiger partial charge in [-0.2, -0.15) is 0 Å². The normalized spacial score (nSPS) is 14.1. The topological polar surface area (TPSA) is 40.6 Å². The molecule has 0 aromatic carbocycles. The molecule has 0 aliphatic carbocycles. The summed E-state index contributed by atoms with van der Waals surface area (Å²) in [4.78, 5) is 27.1. The zero-order valence-electron chi connectivity index (χ0n) is 10.8. The third-order valence-corrected chi connectivity index (χ3v) is 2.98. The molecule has 0 aromatic rings. The van der Waals surface area contributed by atoms with Crippen molar-refractivity contribution in [1.29, 1.82) is 0 Å². The van der Waals surface area contributed by atoms with Crippen molar-refractivity contribution in [2.75, 3.05) is 26.2 Å². The van der Waals surface area contributed by atoms with E-state index >= 15 is 0 Å². The lowest BCUT2D eigenvalue weighted by Crippen LogP contribution is -2.41. The van der Waals surface area contributed by atoms with Crippen LogP contribution in [0.3, 0.4) is 0 Å². The first-order valence-corrected chi connectivity index (χ1v) is 6.39. The second-order valence-corrected chi connectivity index (χ2v) is 4.28. The van der Waals surface area contributed by atoms with Crippen LogP contribution in [0.4, 0.5) is 0 Å². The Morgan fingerprint density at radius 2 is 1.88 bits per heavy atom. The third-order valence-electron chi connectivity index (χ3n) is 2.98. The molecule has 0 fully saturated rings. The van der Waals surface area contributed by atoms with E-state index in [1.807, 2.05) is 19.1 Å². The van der Waals surface area contributed by atoms with Crippen LogP contribution in [0.2, 0.25) is 0 Å². The third kappa shape index (κ3) is 4.21. The van der Waals surface area contributed by atoms with Crippen LogP contribution in [-0.4, -0.2) is 47.8 Å². The molecular weight excluding hydrogens is 216 g/mol. The molecule has 0 N–H and O–H groups in total. The van der Waals surface area contributed by atoms with Gasteiger partial charge in [0.15, 0.2) is 0 Å². The monoisotopic (exact) mass is 238 g/mol. The Morgan fingerprint density at radius 1 is 1.24 bits per heavy atom. The van der Waals surface area contributed by atoms with Crippen molar-refractivity contribution in [3.63, 3.8) is 0 Å². The first-order chi connectivity index (χ1) is 8.19. The Balaban J connectivity index is 2.39. The Morgan fingerprint density at radius 3 is 2.41 bits per heavy atom. The molecule has 0 unspecified atom stereocenters. The number of likely N-dealkylation sites (N-methyl/N-ethyl adjacent to an activating group) is 1. The quantitative estimate of drug-likeness (QED) is 0.657. The van der Waals surface area contributed by atoms with Gasteiger partial charge >= 0.3 is 0 Å². The van der Waals surface area contributed by atoms with E-state index in [0.717, 1.165) is 12.8 Å². The van der Waals surface area contributed by atoms with E-state index in [-0.39, 0.29) is 18.4 Å². The number of unbranched alkanes of at least 4 members (excludes halogenated alkanes) is 1. The predicted octanol–water partition coefficient (Wildman–Crippen LogP) is 1.42. The highest BCUT2D eigenvalue weighted by molar-refractivity contribution is 5.85. The molecule has 17 heavy (non-hydrogen) atoms. The standard InChI is InChI=1S/C13H22N2O2/c1-3-5-8-12(16)14(4-2)11-13(17)15-9-6-7-10-15/h6-7H,3-5,8-11H2,1-2H3. The van der Waals surface area contributed by atoms with Crippen LogP contribution in [0.1, 0.15) is 33.1 Å². The zero-order valence-corrected chi connectivity index (χ0v) is 10.8. The second-order valence-electron chi connectivity index (χ2n) is 4.28. The molecule has 0 saturated carbocycles. The van der Waals surface area contributed by atoms with Crippen LogP contribution in [0.15, 0.2) is 12.2 Å². The van der Waals surface area contributed by atoms with E-state index in [1.165, 1.54) is 0 Å². The summed E-state index contributed by atoms with van der Waals surface area (Å²) in [6, 6.07) is 0. The lowest BCUT2D eigenvalue weighted by atomic mass is 10.2. The van der Waals surface area contributed by atoms with Gasteiger partial charge in [-0.3, -0.25) is 9.59 Å². The van der Waals surface area contributed by atoms with Crippen molar-refractivity contribution >= 4 is 11.8 Å². The van der Waals surface area contributed by atoms with Gasteiger partial charge in [0.05, 0.1) is 6.54 Å². The molecule has 1 heterocycles. The van der Waals surface area contributed by atoms with Crippen LogP contribution < -0.4 is 0 Å². The van der Waals surface area contributed by atoms with Crippen LogP contribution >= 0.6 is 0 Å². The largest absolute Gasteiger partial charge is 0.334 e. The van der Waals surface area contributed by atoms with Crippen molar-refractivity contribution in [3.05, 3.63) is 12.2 Å². The number of carbonyl (C=O) groups excluding carboxylic acids is 2. The highest BCUT2D eigenvalue weighted by Gasteiger charge is 2.19. The average molecular weight is 238 g/mol. The molecule has 1 rings (SSSR count). The Bertz CT molecular complexity index is 292. The van der Waals surface area contributed by atoms with E-state index in [2.05, 4.69) is 6.92 Å². The molecule has 4 heteroatoms. The van der Waals surface area contributed by atoms with Crippen molar-refractivity contribution in [2.24, 2.45) is 0 Å². The molecule has 96 valence electrons. The maximum Gasteiger partial charge on any atom is 0.242 e. The summed E-state index contributed by atoms with van der Waals surface area (Å²) in [5.74, 6) is 0.136. The molecule has 1 aliphatic rings. The van der Waals surface area contributed by atoms with E-state index in [1.54, 1.807) is 9.80 Å². The van der Waals surface area contributed by atoms with Crippen LogP contribution in [0.5, 0.6) is 0 Å². The fraction of sp³-hybridized carbons (Fsp3) is 0.692. The minimum Gasteiger partial charge on any atom is -0.334 e. The number of nitrogens with zero attached hydrogens (tertiary/aromatic N) is 2. The van der Waals surface area contributed by atoms with Crippen molar-refractivity contribution in [1.82, 2.24) is 9.80 Å². The number of rotatable bonds is 6. The van der Waals surface area contributed by atoms with Crippen LogP contribution in [0.25, 0.3) is 0 Å². The minimum atomic E-state index is 0.0432. The number of hydrogen-bond acceptors (Lipinski definition) is 2. The first kappa shape index (κ1) is 13.7. The summed E-state index contributed by atoms with van der Waals surface area (Å²) in [6.07, 6.45) is 6.41. The molecule has 4 nitrogen and oxygen atoms in total. The molecule has 2 amide bonds. The Kier molecular flexibility index (Phi) is 5.73. The lowest BCUT2D eigenvalue weighted by molar-refractivity contribution is -0.139. The first-order valence-electron chi connectivity index (χ1n) is 6.39. The second kappa shape index (κ2) is 7.09. The SMILES string of the molecule is CCCCC(=O)N(CC)CC(=O)N1CC=CC1. The minimum absolute atomic E-state index is 0.0432. The summed E-state index contributed by atoms with van der Waals surface area (Å²) in [7, 11) is 0. The molecule has 0 aromatic heterocycles. The maximum atomic E-state index is 11.9. The van der Waals surface area contributed by atoms with Gasteiger partial charge in [0.2, 0.25) is 11.8 Å². The van der Waals surface area contributed by atoms with Crippen molar-refractivity contribution in [3.8, 4) is 0 Å². The summed E-state index contributed by atoms with van der Waals surface area (Å²) < 4.78 is 0. The predicted molar refractivity (Wildman–Crippen MR) is 67.5 cm³/mol. The van der Waals surface area contributed by atoms with E-state index in [4.69, 9.17) is 0 Å². The van der Waals surface area contributed by atoms with Gasteiger partial charge in [-0.25, -0.2) is 0 Å². The molecular formula is C13H22N2O2. The highest BCUT2D eigenvalue weighted by atomic mass is 16.2.